The lowest BCUT2D eigenvalue weighted by Gasteiger charge is -2.10. The summed E-state index contributed by atoms with van der Waals surface area (Å²) in [5, 5.41) is 0. The molecular formula is C21H19BrO2. The quantitative estimate of drug-likeness (QED) is 0.516. The van der Waals surface area contributed by atoms with Crippen molar-refractivity contribution in [3.63, 3.8) is 0 Å². The largest absolute Gasteiger partial charge is 0.488 e. The number of ether oxygens (including phenoxy) is 2. The van der Waals surface area contributed by atoms with Crippen LogP contribution in [0.1, 0.15) is 19.4 Å². The van der Waals surface area contributed by atoms with Gasteiger partial charge in [-0.3, -0.25) is 0 Å². The first-order chi connectivity index (χ1) is 12.5. The van der Waals surface area contributed by atoms with E-state index in [0.29, 0.717) is 22.4 Å². The van der Waals surface area contributed by atoms with Gasteiger partial charge in [-0.15, -0.1) is 0 Å². The molecule has 0 heterocycles. The van der Waals surface area contributed by atoms with Crippen LogP contribution in [-0.2, 0) is 24.5 Å². The van der Waals surface area contributed by atoms with Gasteiger partial charge in [-0.05, 0) is 44.8 Å². The lowest BCUT2D eigenvalue weighted by Crippen LogP contribution is -1.97. The van der Waals surface area contributed by atoms with Crippen LogP contribution in [0.25, 0.3) is 0 Å². The maximum atomic E-state index is 8.20. The molecular weight excluding hydrogens is 364 g/mol. The van der Waals surface area contributed by atoms with Crippen LogP contribution in [0.3, 0.4) is 0 Å². The first-order valence-corrected chi connectivity index (χ1v) is 8.48. The highest BCUT2D eigenvalue weighted by atomic mass is 79.9. The predicted molar refractivity (Wildman–Crippen MR) is 99.9 cm³/mol. The van der Waals surface area contributed by atoms with E-state index in [0.717, 1.165) is 11.1 Å². The zero-order valence-corrected chi connectivity index (χ0v) is 14.7. The Morgan fingerprint density at radius 1 is 0.750 bits per heavy atom. The van der Waals surface area contributed by atoms with Gasteiger partial charge in [-0.1, -0.05) is 66.7 Å². The summed E-state index contributed by atoms with van der Waals surface area (Å²) in [6.45, 7) is -1.23. The van der Waals surface area contributed by atoms with Gasteiger partial charge in [-0.25, -0.2) is 0 Å². The third kappa shape index (κ3) is 4.95. The van der Waals surface area contributed by atoms with Gasteiger partial charge in [0, 0.05) is 0 Å². The number of hydrogen-bond acceptors (Lipinski definition) is 2. The summed E-state index contributed by atoms with van der Waals surface area (Å²) >= 11 is 3.46. The van der Waals surface area contributed by atoms with Crippen LogP contribution in [0.4, 0.5) is 0 Å². The third-order valence-electron chi connectivity index (χ3n) is 3.44. The van der Waals surface area contributed by atoms with Crippen LogP contribution in [0, 0.1) is 0 Å². The average Bonchev–Trinajstić information content (AvgIpc) is 2.67. The van der Waals surface area contributed by atoms with Crippen molar-refractivity contribution in [1.82, 2.24) is 0 Å². The van der Waals surface area contributed by atoms with E-state index in [1.54, 1.807) is 18.2 Å². The minimum absolute atomic E-state index is 0.206. The first kappa shape index (κ1) is 14.3. The molecule has 0 bridgehead atoms. The molecule has 0 amide bonds. The monoisotopic (exact) mass is 384 g/mol. The number of benzene rings is 3. The van der Waals surface area contributed by atoms with Gasteiger partial charge in [-0.2, -0.15) is 0 Å². The molecule has 24 heavy (non-hydrogen) atoms. The van der Waals surface area contributed by atoms with Crippen LogP contribution in [0.15, 0.2) is 83.3 Å². The van der Waals surface area contributed by atoms with E-state index < -0.39 is 6.56 Å². The molecule has 0 saturated heterocycles. The van der Waals surface area contributed by atoms with Crippen molar-refractivity contribution in [3.8, 4) is 5.75 Å². The second-order valence-corrected chi connectivity index (χ2v) is 6.15. The molecule has 0 aliphatic rings. The summed E-state index contributed by atoms with van der Waals surface area (Å²) in [4.78, 5) is 0. The molecule has 2 nitrogen and oxygen atoms in total. The standard InChI is InChI=1S/C21H19BrO2/c22-20-13-19(15-23-14-17-7-3-1-4-8-17)11-12-21(20)24-16-18-9-5-2-6-10-18/h1-13H,14-16H2/i15D2. The Labute approximate surface area is 154 Å². The molecule has 0 spiro atoms. The SMILES string of the molecule is [2H]C([2H])(OCc1ccccc1)c1ccc(OCc2ccccc2)c(Br)c1. The summed E-state index contributed by atoms with van der Waals surface area (Å²) in [5.41, 5.74) is 2.44. The van der Waals surface area contributed by atoms with Crippen LogP contribution < -0.4 is 4.74 Å². The average molecular weight is 385 g/mol. The highest BCUT2D eigenvalue weighted by molar-refractivity contribution is 9.10. The van der Waals surface area contributed by atoms with Crippen LogP contribution >= 0.6 is 15.9 Å². The van der Waals surface area contributed by atoms with E-state index >= 15 is 0 Å². The summed E-state index contributed by atoms with van der Waals surface area (Å²) in [5.74, 6) is 0.663. The zero-order chi connectivity index (χ0) is 18.4. The van der Waals surface area contributed by atoms with Crippen molar-refractivity contribution < 1.29 is 12.2 Å². The Morgan fingerprint density at radius 2 is 1.38 bits per heavy atom. The van der Waals surface area contributed by atoms with Crippen molar-refractivity contribution >= 4 is 15.9 Å². The topological polar surface area (TPSA) is 18.5 Å². The zero-order valence-electron chi connectivity index (χ0n) is 15.1. The molecule has 122 valence electrons. The Bertz CT molecular complexity index is 839. The summed E-state index contributed by atoms with van der Waals surface area (Å²) < 4.78 is 28.4. The lowest BCUT2D eigenvalue weighted by molar-refractivity contribution is 0.107. The maximum absolute atomic E-state index is 8.20. The van der Waals surface area contributed by atoms with Crippen LogP contribution in [-0.4, -0.2) is 0 Å². The fourth-order valence-electron chi connectivity index (χ4n) is 2.19. The van der Waals surface area contributed by atoms with Crippen LogP contribution in [0.5, 0.6) is 5.75 Å². The Kier molecular flexibility index (Phi) is 5.15. The van der Waals surface area contributed by atoms with E-state index in [9.17, 15) is 0 Å². The molecule has 3 aromatic rings. The molecule has 3 aromatic carbocycles. The van der Waals surface area contributed by atoms with Crippen molar-refractivity contribution in [3.05, 3.63) is 100 Å². The highest BCUT2D eigenvalue weighted by Crippen LogP contribution is 2.27. The third-order valence-corrected chi connectivity index (χ3v) is 4.06. The maximum Gasteiger partial charge on any atom is 0.134 e. The fourth-order valence-corrected chi connectivity index (χ4v) is 2.69. The van der Waals surface area contributed by atoms with Crippen molar-refractivity contribution in [2.75, 3.05) is 0 Å². The molecule has 0 N–H and O–H groups in total. The summed E-state index contributed by atoms with van der Waals surface area (Å²) in [6, 6.07) is 24.6. The molecule has 0 aliphatic carbocycles. The second kappa shape index (κ2) is 8.67. The highest BCUT2D eigenvalue weighted by Gasteiger charge is 2.04. The van der Waals surface area contributed by atoms with E-state index in [1.807, 2.05) is 60.7 Å². The smallest absolute Gasteiger partial charge is 0.134 e. The molecule has 0 aliphatic heterocycles. The van der Waals surface area contributed by atoms with Gasteiger partial charge in [0.15, 0.2) is 0 Å². The van der Waals surface area contributed by atoms with Gasteiger partial charge in [0.05, 0.1) is 20.4 Å². The van der Waals surface area contributed by atoms with Gasteiger partial charge >= 0.3 is 0 Å². The number of halogens is 1. The van der Waals surface area contributed by atoms with Gasteiger partial charge < -0.3 is 9.47 Å². The molecule has 0 atom stereocenters. The summed E-state index contributed by atoms with van der Waals surface area (Å²) in [6.07, 6.45) is 0. The first-order valence-electron chi connectivity index (χ1n) is 8.69. The molecule has 0 fully saturated rings. The Morgan fingerprint density at radius 3 is 2.00 bits per heavy atom. The lowest BCUT2D eigenvalue weighted by atomic mass is 10.2. The van der Waals surface area contributed by atoms with E-state index in [-0.39, 0.29) is 6.61 Å². The molecule has 0 radical (unpaired) electrons. The van der Waals surface area contributed by atoms with Crippen molar-refractivity contribution in [2.24, 2.45) is 0 Å². The molecule has 0 aromatic heterocycles. The number of rotatable bonds is 7. The Balaban J connectivity index is 1.65. The Hall–Kier alpha value is -2.10. The predicted octanol–water partition coefficient (Wildman–Crippen LogP) is 5.74. The van der Waals surface area contributed by atoms with Gasteiger partial charge in [0.1, 0.15) is 12.4 Å². The van der Waals surface area contributed by atoms with Gasteiger partial charge in [0.2, 0.25) is 0 Å². The summed E-state index contributed by atoms with van der Waals surface area (Å²) in [7, 11) is 0. The normalized spacial score (nSPS) is 12.4. The van der Waals surface area contributed by atoms with Crippen molar-refractivity contribution in [2.45, 2.75) is 19.8 Å². The van der Waals surface area contributed by atoms with E-state index in [1.165, 1.54) is 0 Å². The molecule has 0 unspecified atom stereocenters. The van der Waals surface area contributed by atoms with Crippen LogP contribution in [0.2, 0.25) is 0 Å². The number of hydrogen-bond donors (Lipinski definition) is 0. The molecule has 3 heteroatoms. The molecule has 0 saturated carbocycles. The minimum atomic E-state index is -1.89. The second-order valence-electron chi connectivity index (χ2n) is 5.30. The fraction of sp³-hybridized carbons (Fsp3) is 0.143. The van der Waals surface area contributed by atoms with E-state index in [4.69, 9.17) is 12.2 Å². The minimum Gasteiger partial charge on any atom is -0.488 e. The van der Waals surface area contributed by atoms with E-state index in [2.05, 4.69) is 15.9 Å². The molecule has 3 rings (SSSR count). The van der Waals surface area contributed by atoms with Crippen molar-refractivity contribution in [1.29, 1.82) is 0 Å². The van der Waals surface area contributed by atoms with Gasteiger partial charge in [0.25, 0.3) is 0 Å².